The van der Waals surface area contributed by atoms with Crippen LogP contribution in [0.5, 0.6) is 0 Å². The second-order valence-corrected chi connectivity index (χ2v) is 1.61. The van der Waals surface area contributed by atoms with Crippen molar-refractivity contribution < 1.29 is 5.11 Å². The second-order valence-electron chi connectivity index (χ2n) is 1.61. The van der Waals surface area contributed by atoms with Gasteiger partial charge in [-0.25, -0.2) is 0 Å². The molecule has 5 N–H and O–H groups in total. The molecule has 0 aliphatic carbocycles. The lowest BCUT2D eigenvalue weighted by Gasteiger charge is -1.98. The third-order valence-electron chi connectivity index (χ3n) is 0.907. The van der Waals surface area contributed by atoms with Crippen LogP contribution in [-0.2, 0) is 0 Å². The van der Waals surface area contributed by atoms with Crippen molar-refractivity contribution in [1.29, 1.82) is 0 Å². The van der Waals surface area contributed by atoms with Crippen molar-refractivity contribution >= 4 is 5.84 Å². The first kappa shape index (κ1) is 7.81. The van der Waals surface area contributed by atoms with E-state index in [-0.39, 0.29) is 17.3 Å². The van der Waals surface area contributed by atoms with Crippen LogP contribution in [-0.4, -0.2) is 18.0 Å². The fourth-order valence-corrected chi connectivity index (χ4v) is 0.306. The van der Waals surface area contributed by atoms with Gasteiger partial charge in [-0.2, -0.15) is 0 Å². The molecule has 0 radical (unpaired) electrons. The summed E-state index contributed by atoms with van der Waals surface area (Å²) in [5.41, 5.74) is 10.6. The number of aliphatic imine (C=N–C) groups is 1. The van der Waals surface area contributed by atoms with Crippen LogP contribution in [0.4, 0.5) is 0 Å². The number of allylic oxidation sites excluding steroid dienone is 1. The zero-order valence-corrected chi connectivity index (χ0v) is 5.55. The van der Waals surface area contributed by atoms with Crippen LogP contribution in [0.15, 0.2) is 16.4 Å². The van der Waals surface area contributed by atoms with Crippen LogP contribution in [0, 0.1) is 0 Å². The Kier molecular flexibility index (Phi) is 2.57. The first-order valence-electron chi connectivity index (χ1n) is 2.47. The maximum Gasteiger partial charge on any atom is 0.145 e. The number of hydrogen-bond donors (Lipinski definition) is 3. The van der Waals surface area contributed by atoms with E-state index in [0.29, 0.717) is 0 Å². The lowest BCUT2D eigenvalue weighted by molar-refractivity contribution is 0.409. The Bertz CT molecular complexity index is 156. The van der Waals surface area contributed by atoms with Gasteiger partial charge in [0.15, 0.2) is 0 Å². The lowest BCUT2D eigenvalue weighted by atomic mass is 10.4. The van der Waals surface area contributed by atoms with Gasteiger partial charge in [0.25, 0.3) is 0 Å². The molecule has 0 bridgehead atoms. The molecule has 0 atom stereocenters. The predicted molar refractivity (Wildman–Crippen MR) is 37.1 cm³/mol. The Hall–Kier alpha value is -1.19. The van der Waals surface area contributed by atoms with Crippen LogP contribution in [0.1, 0.15) is 6.92 Å². The molecule has 9 heavy (non-hydrogen) atoms. The van der Waals surface area contributed by atoms with E-state index in [4.69, 9.17) is 16.6 Å². The van der Waals surface area contributed by atoms with Gasteiger partial charge < -0.3 is 16.6 Å². The Morgan fingerprint density at radius 1 is 1.44 bits per heavy atom. The highest BCUT2D eigenvalue weighted by molar-refractivity contribution is 5.96. The molecule has 0 amide bonds. The summed E-state index contributed by atoms with van der Waals surface area (Å²) in [5, 5.41) is 8.72. The molecular weight excluding hydrogens is 118 g/mol. The van der Waals surface area contributed by atoms with Gasteiger partial charge in [-0.15, -0.1) is 0 Å². The van der Waals surface area contributed by atoms with E-state index < -0.39 is 0 Å². The quantitative estimate of drug-likeness (QED) is 0.258. The highest BCUT2D eigenvalue weighted by Crippen LogP contribution is 1.90. The highest BCUT2D eigenvalue weighted by atomic mass is 16.3. The van der Waals surface area contributed by atoms with E-state index in [9.17, 15) is 0 Å². The SMILES string of the molecule is CN=C(N)C(N)=C(C)O. The van der Waals surface area contributed by atoms with Crippen molar-refractivity contribution in [3.63, 3.8) is 0 Å². The Labute approximate surface area is 53.9 Å². The Balaban J connectivity index is 4.40. The maximum absolute atomic E-state index is 8.72. The minimum atomic E-state index is -0.00176. The van der Waals surface area contributed by atoms with Crippen molar-refractivity contribution in [2.24, 2.45) is 16.5 Å². The van der Waals surface area contributed by atoms with Gasteiger partial charge in [0.05, 0.1) is 0 Å². The van der Waals surface area contributed by atoms with Gasteiger partial charge in [-0.3, -0.25) is 4.99 Å². The summed E-state index contributed by atoms with van der Waals surface area (Å²) >= 11 is 0. The van der Waals surface area contributed by atoms with E-state index in [1.54, 1.807) is 0 Å². The first-order valence-corrected chi connectivity index (χ1v) is 2.47. The van der Waals surface area contributed by atoms with Gasteiger partial charge in [0, 0.05) is 7.05 Å². The average molecular weight is 129 g/mol. The number of aliphatic hydroxyl groups is 1. The summed E-state index contributed by atoms with van der Waals surface area (Å²) < 4.78 is 0. The molecular formula is C5H11N3O. The van der Waals surface area contributed by atoms with Gasteiger partial charge in [0.2, 0.25) is 0 Å². The molecule has 0 saturated heterocycles. The number of aliphatic hydroxyl groups excluding tert-OH is 1. The van der Waals surface area contributed by atoms with Crippen molar-refractivity contribution in [2.45, 2.75) is 6.92 Å². The molecule has 0 rings (SSSR count). The average Bonchev–Trinajstić information content (AvgIpc) is 1.84. The number of nitrogens with zero attached hydrogens (tertiary/aromatic N) is 1. The van der Waals surface area contributed by atoms with Crippen molar-refractivity contribution in [3.8, 4) is 0 Å². The van der Waals surface area contributed by atoms with Crippen LogP contribution < -0.4 is 11.5 Å². The minimum Gasteiger partial charge on any atom is -0.510 e. The fraction of sp³-hybridized carbons (Fsp3) is 0.400. The van der Waals surface area contributed by atoms with Gasteiger partial charge >= 0.3 is 0 Å². The Morgan fingerprint density at radius 3 is 2.00 bits per heavy atom. The van der Waals surface area contributed by atoms with Crippen LogP contribution in [0.3, 0.4) is 0 Å². The van der Waals surface area contributed by atoms with Crippen molar-refractivity contribution in [3.05, 3.63) is 11.5 Å². The molecule has 0 heterocycles. The van der Waals surface area contributed by atoms with Gasteiger partial charge in [0.1, 0.15) is 17.3 Å². The Morgan fingerprint density at radius 2 is 1.89 bits per heavy atom. The smallest absolute Gasteiger partial charge is 0.145 e. The van der Waals surface area contributed by atoms with E-state index >= 15 is 0 Å². The monoisotopic (exact) mass is 129 g/mol. The number of rotatable bonds is 1. The summed E-state index contributed by atoms with van der Waals surface area (Å²) in [5.74, 6) is 0.160. The van der Waals surface area contributed by atoms with E-state index in [1.165, 1.54) is 14.0 Å². The summed E-state index contributed by atoms with van der Waals surface area (Å²) in [7, 11) is 1.51. The van der Waals surface area contributed by atoms with Crippen molar-refractivity contribution in [1.82, 2.24) is 0 Å². The molecule has 0 unspecified atom stereocenters. The summed E-state index contributed by atoms with van der Waals surface area (Å²) in [6, 6.07) is 0. The van der Waals surface area contributed by atoms with Crippen LogP contribution >= 0.6 is 0 Å². The number of hydrogen-bond acceptors (Lipinski definition) is 3. The van der Waals surface area contributed by atoms with E-state index in [2.05, 4.69) is 4.99 Å². The normalized spacial score (nSPS) is 15.1. The largest absolute Gasteiger partial charge is 0.510 e. The summed E-state index contributed by atoms with van der Waals surface area (Å²) in [6.07, 6.45) is 0. The maximum atomic E-state index is 8.72. The topological polar surface area (TPSA) is 84.6 Å². The molecule has 0 aromatic rings. The first-order chi connectivity index (χ1) is 4.09. The summed E-state index contributed by atoms with van der Waals surface area (Å²) in [6.45, 7) is 1.45. The van der Waals surface area contributed by atoms with Crippen molar-refractivity contribution in [2.75, 3.05) is 7.05 Å². The zero-order chi connectivity index (χ0) is 7.44. The lowest BCUT2D eigenvalue weighted by Crippen LogP contribution is -2.22. The molecule has 0 aliphatic heterocycles. The van der Waals surface area contributed by atoms with Gasteiger partial charge in [-0.05, 0) is 6.92 Å². The fourth-order valence-electron chi connectivity index (χ4n) is 0.306. The minimum absolute atomic E-state index is 0.00176. The third kappa shape index (κ3) is 2.03. The molecule has 0 saturated carbocycles. The molecule has 0 spiro atoms. The van der Waals surface area contributed by atoms with Gasteiger partial charge in [-0.1, -0.05) is 0 Å². The number of amidine groups is 1. The molecule has 0 fully saturated rings. The van der Waals surface area contributed by atoms with Crippen LogP contribution in [0.25, 0.3) is 0 Å². The van der Waals surface area contributed by atoms with E-state index in [1.807, 2.05) is 0 Å². The molecule has 52 valence electrons. The molecule has 0 aromatic carbocycles. The highest BCUT2D eigenvalue weighted by Gasteiger charge is 1.97. The summed E-state index contributed by atoms with van der Waals surface area (Å²) in [4.78, 5) is 3.56. The third-order valence-corrected chi connectivity index (χ3v) is 0.907. The zero-order valence-electron chi connectivity index (χ0n) is 5.55. The second kappa shape index (κ2) is 2.96. The van der Waals surface area contributed by atoms with E-state index in [0.717, 1.165) is 0 Å². The molecule has 0 aliphatic rings. The standard InChI is InChI=1S/C5H11N3O/c1-3(9)4(6)5(7)8-2/h9H,6H2,1-2H3,(H2,7,8). The molecule has 4 heteroatoms. The number of nitrogens with two attached hydrogens (primary N) is 2. The molecule has 4 nitrogen and oxygen atoms in total. The van der Waals surface area contributed by atoms with Crippen LogP contribution in [0.2, 0.25) is 0 Å². The molecule has 0 aromatic heterocycles. The predicted octanol–water partition coefficient (Wildman–Crippen LogP) is -0.278.